The number of nitrogens with one attached hydrogen (secondary N) is 1. The molecule has 0 aliphatic heterocycles. The smallest absolute Gasteiger partial charge is 0.663 e. The van der Waals surface area contributed by atoms with Crippen molar-refractivity contribution >= 4 is 5.97 Å². The van der Waals surface area contributed by atoms with E-state index in [0.29, 0.717) is 0 Å². The molecule has 0 fully saturated rings. The summed E-state index contributed by atoms with van der Waals surface area (Å²) in [5, 5.41) is 15.8. The quantitative estimate of drug-likeness (QED) is 0.619. The normalized spacial score (nSPS) is 11.8. The summed E-state index contributed by atoms with van der Waals surface area (Å²) in [6, 6.07) is -1.38. The minimum atomic E-state index is -1.38. The van der Waals surface area contributed by atoms with Gasteiger partial charge in [0.05, 0.1) is 0 Å². The van der Waals surface area contributed by atoms with Crippen molar-refractivity contribution in [3.05, 3.63) is 5.73 Å². The zero-order valence-electron chi connectivity index (χ0n) is 4.16. The van der Waals surface area contributed by atoms with Gasteiger partial charge in [0, 0.05) is 6.61 Å². The maximum Gasteiger partial charge on any atom is 3.00 e. The molecule has 0 spiro atoms. The second-order valence-electron chi connectivity index (χ2n) is 1.07. The molecule has 0 radical (unpaired) electrons. The Morgan fingerprint density at radius 1 is 1.75 bits per heavy atom. The molecule has 0 rings (SSSR count). The molecule has 0 aromatic carbocycles. The Kier molecular flexibility index (Phi) is 7.96. The summed E-state index contributed by atoms with van der Waals surface area (Å²) in [6.07, 6.45) is 0. The molecule has 1 unspecified atom stereocenters. The van der Waals surface area contributed by atoms with Gasteiger partial charge in [0.1, 0.15) is 0 Å². The van der Waals surface area contributed by atoms with Gasteiger partial charge in [-0.3, -0.25) is 4.79 Å². The van der Waals surface area contributed by atoms with Crippen molar-refractivity contribution < 1.29 is 47.7 Å². The van der Waals surface area contributed by atoms with E-state index in [0.717, 1.165) is 0 Å². The van der Waals surface area contributed by atoms with E-state index in [1.165, 1.54) is 0 Å². The molecular weight excluding hydrogens is 187 g/mol. The van der Waals surface area contributed by atoms with Crippen LogP contribution in [0.4, 0.5) is 0 Å². The predicted octanol–water partition coefficient (Wildman–Crippen LogP) is -0.518. The average molecular weight is 193 g/mol. The number of carboxylic acids is 1. The molecule has 0 aliphatic rings. The van der Waals surface area contributed by atoms with Gasteiger partial charge in [-0.1, -0.05) is 0 Å². The summed E-state index contributed by atoms with van der Waals surface area (Å²) in [7, 11) is 0. The molecule has 3 N–H and O–H groups in total. The molecule has 5 heteroatoms. The minimum Gasteiger partial charge on any atom is -0.663 e. The summed E-state index contributed by atoms with van der Waals surface area (Å²) >= 11 is 0. The van der Waals surface area contributed by atoms with Crippen molar-refractivity contribution in [2.45, 2.75) is 6.04 Å². The van der Waals surface area contributed by atoms with E-state index in [-0.39, 0.29) is 32.7 Å². The van der Waals surface area contributed by atoms with Crippen molar-refractivity contribution in [2.24, 2.45) is 0 Å². The van der Waals surface area contributed by atoms with Gasteiger partial charge < -0.3 is 15.9 Å². The number of aliphatic hydroxyl groups is 1. The Morgan fingerprint density at radius 2 is 2.12 bits per heavy atom. The average Bonchev–Trinajstić information content (AvgIpc) is 1.65. The summed E-state index contributed by atoms with van der Waals surface area (Å²) in [6.45, 7) is -0.616. The van der Waals surface area contributed by atoms with Crippen LogP contribution in [0.2, 0.25) is 0 Å². The number of hydrogen-bond donors (Lipinski definition) is 2. The van der Waals surface area contributed by atoms with Crippen molar-refractivity contribution in [1.82, 2.24) is 0 Å². The molecule has 0 saturated heterocycles. The van der Waals surface area contributed by atoms with Gasteiger partial charge in [-0.2, -0.15) is 0 Å². The fraction of sp³-hybridized carbons (Fsp3) is 0.667. The molecule has 0 amide bonds. The van der Waals surface area contributed by atoms with Gasteiger partial charge in [-0.25, -0.2) is 0 Å². The van der Waals surface area contributed by atoms with Crippen LogP contribution in [0.1, 0.15) is 0 Å². The monoisotopic (exact) mass is 193 g/mol. The molecule has 0 aromatic heterocycles. The number of carbonyl (C=O) groups is 1. The number of aliphatic hydroxyl groups excluding tert-OH is 1. The van der Waals surface area contributed by atoms with Gasteiger partial charge >= 0.3 is 32.7 Å². The van der Waals surface area contributed by atoms with E-state index in [2.05, 4.69) is 0 Å². The summed E-state index contributed by atoms with van der Waals surface area (Å²) in [4.78, 5) is 9.58. The third kappa shape index (κ3) is 4.65. The van der Waals surface area contributed by atoms with Crippen molar-refractivity contribution in [2.75, 3.05) is 6.61 Å². The van der Waals surface area contributed by atoms with E-state index in [1.807, 2.05) is 0 Å². The van der Waals surface area contributed by atoms with Gasteiger partial charge in [-0.15, -0.1) is 0 Å². The van der Waals surface area contributed by atoms with Crippen LogP contribution in [0.25, 0.3) is 5.73 Å². The van der Waals surface area contributed by atoms with Crippen LogP contribution in [0.5, 0.6) is 0 Å². The summed E-state index contributed by atoms with van der Waals surface area (Å²) in [5.74, 6) is -1.29. The second-order valence-corrected chi connectivity index (χ2v) is 1.07. The number of hydrogen-bond acceptors (Lipinski definition) is 2. The van der Waals surface area contributed by atoms with Crippen LogP contribution in [-0.4, -0.2) is 28.8 Å². The number of rotatable bonds is 2. The molecule has 0 bridgehead atoms. The Morgan fingerprint density at radius 3 is 2.12 bits per heavy atom. The topological polar surface area (TPSA) is 81.3 Å². The molecular formula is C3H6NO3Y+2. The molecule has 8 heavy (non-hydrogen) atoms. The zero-order chi connectivity index (χ0) is 5.86. The first kappa shape index (κ1) is 11.3. The van der Waals surface area contributed by atoms with Gasteiger partial charge in [-0.05, 0) is 6.04 Å². The molecule has 0 saturated carbocycles. The SMILES string of the molecule is [NH-]C(CO)C(=O)O.[Y+3]. The standard InChI is InChI=1S/C3H6NO3.Y/c4-2(1-5)3(6)7;/h2,4-5H,1H2,(H,6,7);/q-1;+3. The van der Waals surface area contributed by atoms with E-state index in [1.54, 1.807) is 0 Å². The molecule has 0 heterocycles. The van der Waals surface area contributed by atoms with Crippen LogP contribution >= 0.6 is 0 Å². The van der Waals surface area contributed by atoms with Gasteiger partial charge in [0.15, 0.2) is 0 Å². The fourth-order valence-corrected chi connectivity index (χ4v) is 0.0781. The fourth-order valence-electron chi connectivity index (χ4n) is 0.0781. The van der Waals surface area contributed by atoms with Gasteiger partial charge in [0.2, 0.25) is 0 Å². The van der Waals surface area contributed by atoms with E-state index >= 15 is 0 Å². The first-order valence-electron chi connectivity index (χ1n) is 1.73. The Labute approximate surface area is 71.9 Å². The minimum absolute atomic E-state index is 0. The van der Waals surface area contributed by atoms with E-state index in [9.17, 15) is 4.79 Å². The third-order valence-corrected chi connectivity index (χ3v) is 0.481. The number of aliphatic carboxylic acids is 1. The number of carboxylic acid groups (broad SMARTS) is 1. The summed E-state index contributed by atoms with van der Waals surface area (Å²) in [5.41, 5.74) is 6.43. The Bertz CT molecular complexity index is 76.9. The van der Waals surface area contributed by atoms with Gasteiger partial charge in [0.25, 0.3) is 5.97 Å². The molecule has 4 nitrogen and oxygen atoms in total. The third-order valence-electron chi connectivity index (χ3n) is 0.481. The Balaban J connectivity index is 0. The molecule has 0 aromatic rings. The van der Waals surface area contributed by atoms with Crippen molar-refractivity contribution in [1.29, 1.82) is 0 Å². The largest absolute Gasteiger partial charge is 3.00 e. The van der Waals surface area contributed by atoms with Crippen molar-refractivity contribution in [3.8, 4) is 0 Å². The Hall–Kier alpha value is 0.494. The zero-order valence-corrected chi connectivity index (χ0v) is 7.00. The predicted molar refractivity (Wildman–Crippen MR) is 22.8 cm³/mol. The van der Waals surface area contributed by atoms with Crippen molar-refractivity contribution in [3.63, 3.8) is 0 Å². The molecule has 42 valence electrons. The first-order valence-corrected chi connectivity index (χ1v) is 1.73. The summed E-state index contributed by atoms with van der Waals surface area (Å²) < 4.78 is 0. The van der Waals surface area contributed by atoms with Crippen LogP contribution in [-0.2, 0) is 37.5 Å². The maximum absolute atomic E-state index is 9.58. The maximum atomic E-state index is 9.58. The van der Waals surface area contributed by atoms with E-state index in [4.69, 9.17) is 15.9 Å². The molecule has 0 aliphatic carbocycles. The van der Waals surface area contributed by atoms with E-state index < -0.39 is 18.6 Å². The second kappa shape index (κ2) is 5.63. The first-order chi connectivity index (χ1) is 3.18. The van der Waals surface area contributed by atoms with Crippen LogP contribution in [0, 0.1) is 0 Å². The molecule has 1 atom stereocenters. The van der Waals surface area contributed by atoms with Crippen LogP contribution in [0.15, 0.2) is 0 Å². The van der Waals surface area contributed by atoms with Crippen LogP contribution < -0.4 is 0 Å². The van der Waals surface area contributed by atoms with Crippen LogP contribution in [0.3, 0.4) is 0 Å².